The molecule has 6 aromatic rings. The van der Waals surface area contributed by atoms with E-state index < -0.39 is 24.0 Å². The molecule has 2 atom stereocenters. The van der Waals surface area contributed by atoms with Gasteiger partial charge in [-0.3, -0.25) is 24.5 Å². The summed E-state index contributed by atoms with van der Waals surface area (Å²) in [5, 5.41) is 36.1. The van der Waals surface area contributed by atoms with Crippen LogP contribution in [0.2, 0.25) is 10.0 Å². The van der Waals surface area contributed by atoms with Crippen LogP contribution < -0.4 is 29.6 Å². The minimum atomic E-state index is -0.945. The highest BCUT2D eigenvalue weighted by molar-refractivity contribution is 7.98. The second-order valence-corrected chi connectivity index (χ2v) is 20.0. The van der Waals surface area contributed by atoms with Crippen molar-refractivity contribution in [3.05, 3.63) is 163 Å². The number of aliphatic imine (C=N–C) groups is 1. The van der Waals surface area contributed by atoms with Gasteiger partial charge < -0.3 is 39.8 Å². The van der Waals surface area contributed by atoms with E-state index >= 15 is 0 Å². The molecule has 0 saturated heterocycles. The minimum absolute atomic E-state index is 0.0997. The molecule has 2 unspecified atom stereocenters. The molecule has 0 radical (unpaired) electrons. The molecule has 0 fully saturated rings. The normalized spacial score (nSPS) is 12.6. The molecule has 3 heterocycles. The average molecular weight is 1060 g/mol. The largest absolute Gasteiger partial charge is 0.488 e. The van der Waals surface area contributed by atoms with Crippen molar-refractivity contribution in [2.45, 2.75) is 78.3 Å². The number of rotatable bonds is 28. The van der Waals surface area contributed by atoms with Crippen LogP contribution in [0.25, 0.3) is 11.1 Å². The fourth-order valence-corrected chi connectivity index (χ4v) is 9.38. The van der Waals surface area contributed by atoms with Gasteiger partial charge in [0.05, 0.1) is 27.9 Å². The number of nitrogens with one attached hydrogen (secondary N) is 2. The van der Waals surface area contributed by atoms with E-state index in [0.717, 1.165) is 50.2 Å². The van der Waals surface area contributed by atoms with Gasteiger partial charge in [-0.25, -0.2) is 0 Å². The van der Waals surface area contributed by atoms with Crippen molar-refractivity contribution in [3.63, 3.8) is 0 Å². The summed E-state index contributed by atoms with van der Waals surface area (Å²) < 4.78 is 25.5. The lowest BCUT2D eigenvalue weighted by molar-refractivity contribution is -0.140. The summed E-state index contributed by atoms with van der Waals surface area (Å²) in [6.45, 7) is 5.88. The van der Waals surface area contributed by atoms with E-state index in [-0.39, 0.29) is 39.5 Å². The molecule has 0 bridgehead atoms. The van der Waals surface area contributed by atoms with Crippen LogP contribution in [0.4, 0.5) is 0 Å². The molecule has 0 amide bonds. The standard InChI is InChI=1S/C55H56Cl2N6O8S2/c1-33-38(31-70-52-19-50(68-29-36-15-35(21-58)22-59-23-36)41(17-45(52)56)26-61-47(54(64)65)11-13-72-3)7-5-9-43(33)44-10-6-8-39(34(44)2)32-71-53-20-51(69-30-37-16-40(25-60-24-37)49-28-63-49)42(18-46(53)57)27-62-48(55(66)67)12-14-73-4/h5-10,15-20,22-25,47-48,61-62H,11-14,26-32H2,1-4H3,(H,64,65)(H,66,67). The van der Waals surface area contributed by atoms with Crippen LogP contribution in [0.1, 0.15) is 68.5 Å². The van der Waals surface area contributed by atoms with E-state index in [1.54, 1.807) is 72.4 Å². The average Bonchev–Trinajstić information content (AvgIpc) is 4.24. The molecular formula is C55H56Cl2N6O8S2. The summed E-state index contributed by atoms with van der Waals surface area (Å²) in [5.41, 5.74) is 11.1. The number of carboxylic acid groups (broad SMARTS) is 2. The fraction of sp³-hybridized carbons (Fsp3) is 0.309. The summed E-state index contributed by atoms with van der Waals surface area (Å²) in [6, 6.07) is 23.4. The van der Waals surface area contributed by atoms with Crippen LogP contribution in [0, 0.1) is 25.2 Å². The molecule has 0 spiro atoms. The van der Waals surface area contributed by atoms with Gasteiger partial charge in [-0.05, 0) is 108 Å². The number of carbonyl (C=O) groups is 2. The quantitative estimate of drug-likeness (QED) is 0.0362. The first-order valence-electron chi connectivity index (χ1n) is 23.4. The zero-order chi connectivity index (χ0) is 51.9. The van der Waals surface area contributed by atoms with E-state index in [2.05, 4.69) is 50.7 Å². The second kappa shape index (κ2) is 26.6. The summed E-state index contributed by atoms with van der Waals surface area (Å²) in [5.74, 6) is 1.23. The van der Waals surface area contributed by atoms with Gasteiger partial charge in [0.2, 0.25) is 0 Å². The predicted octanol–water partition coefficient (Wildman–Crippen LogP) is 10.6. The van der Waals surface area contributed by atoms with Gasteiger partial charge in [-0.15, -0.1) is 0 Å². The summed E-state index contributed by atoms with van der Waals surface area (Å²) in [6.07, 6.45) is 11.4. The number of carboxylic acids is 2. The Balaban J connectivity index is 1.08. The number of aliphatic carboxylic acids is 2. The van der Waals surface area contributed by atoms with Crippen LogP contribution in [-0.4, -0.2) is 80.5 Å². The fourth-order valence-electron chi connectivity index (χ4n) is 7.95. The maximum Gasteiger partial charge on any atom is 0.320 e. The highest BCUT2D eigenvalue weighted by Crippen LogP contribution is 2.38. The minimum Gasteiger partial charge on any atom is -0.488 e. The maximum absolute atomic E-state index is 12.1. The highest BCUT2D eigenvalue weighted by Gasteiger charge is 2.22. The Kier molecular flexibility index (Phi) is 19.8. The first kappa shape index (κ1) is 54.5. The molecular weight excluding hydrogens is 1010 g/mol. The number of aromatic nitrogens is 2. The zero-order valence-electron chi connectivity index (χ0n) is 40.9. The van der Waals surface area contributed by atoms with Crippen molar-refractivity contribution in [1.82, 2.24) is 20.6 Å². The molecule has 380 valence electrons. The van der Waals surface area contributed by atoms with Gasteiger partial charge >= 0.3 is 11.9 Å². The number of thioether (sulfide) groups is 2. The number of nitrogens with zero attached hydrogens (tertiary/aromatic N) is 4. The maximum atomic E-state index is 12.1. The summed E-state index contributed by atoms with van der Waals surface area (Å²) in [7, 11) is 0. The number of ether oxygens (including phenoxy) is 4. The van der Waals surface area contributed by atoms with Gasteiger partial charge in [-0.1, -0.05) is 59.6 Å². The monoisotopic (exact) mass is 1060 g/mol. The van der Waals surface area contributed by atoms with Gasteiger partial charge in [0.25, 0.3) is 0 Å². The molecule has 4 N–H and O–H groups in total. The first-order chi connectivity index (χ1) is 35.3. The molecule has 4 aromatic carbocycles. The predicted molar refractivity (Wildman–Crippen MR) is 289 cm³/mol. The van der Waals surface area contributed by atoms with Crippen LogP contribution in [0.15, 0.2) is 103 Å². The summed E-state index contributed by atoms with van der Waals surface area (Å²) >= 11 is 16.9. The lowest BCUT2D eigenvalue weighted by atomic mass is 9.92. The number of pyridine rings is 2. The Bertz CT molecular complexity index is 3010. The zero-order valence-corrected chi connectivity index (χ0v) is 44.0. The number of hydrogen-bond donors (Lipinski definition) is 4. The Labute approximate surface area is 443 Å². The Morgan fingerprint density at radius 1 is 0.658 bits per heavy atom. The lowest BCUT2D eigenvalue weighted by Gasteiger charge is -2.20. The van der Waals surface area contributed by atoms with Crippen molar-refractivity contribution >= 4 is 64.4 Å². The van der Waals surface area contributed by atoms with Gasteiger partial charge in [-0.2, -0.15) is 28.8 Å². The Morgan fingerprint density at radius 2 is 1.12 bits per heavy atom. The Hall–Kier alpha value is -6.32. The van der Waals surface area contributed by atoms with Crippen LogP contribution in [-0.2, 0) is 49.1 Å². The molecule has 0 saturated carbocycles. The molecule has 18 heteroatoms. The molecule has 7 rings (SSSR count). The smallest absolute Gasteiger partial charge is 0.320 e. The van der Waals surface area contributed by atoms with Gasteiger partial charge in [0, 0.05) is 77.8 Å². The van der Waals surface area contributed by atoms with E-state index in [4.69, 9.17) is 42.1 Å². The Morgan fingerprint density at radius 3 is 1.58 bits per heavy atom. The van der Waals surface area contributed by atoms with Gasteiger partial charge in [0.15, 0.2) is 0 Å². The van der Waals surface area contributed by atoms with Crippen LogP contribution in [0.3, 0.4) is 0 Å². The molecule has 73 heavy (non-hydrogen) atoms. The third-order valence-electron chi connectivity index (χ3n) is 12.2. The highest BCUT2D eigenvalue weighted by atomic mass is 35.5. The van der Waals surface area contributed by atoms with E-state index in [9.17, 15) is 25.1 Å². The number of nitriles is 1. The first-order valence-corrected chi connectivity index (χ1v) is 26.9. The van der Waals surface area contributed by atoms with Crippen molar-refractivity contribution in [1.29, 1.82) is 5.26 Å². The number of hydrogen-bond acceptors (Lipinski definition) is 14. The number of halogens is 2. The topological polar surface area (TPSA) is 198 Å². The van der Waals surface area contributed by atoms with Crippen molar-refractivity contribution in [2.75, 3.05) is 30.6 Å². The number of benzene rings is 4. The molecule has 1 aliphatic rings. The van der Waals surface area contributed by atoms with Crippen LogP contribution in [0.5, 0.6) is 23.0 Å². The lowest BCUT2D eigenvalue weighted by Crippen LogP contribution is -2.36. The second-order valence-electron chi connectivity index (χ2n) is 17.3. The molecule has 2 aromatic heterocycles. The third-order valence-corrected chi connectivity index (χ3v) is 14.1. The van der Waals surface area contributed by atoms with Crippen molar-refractivity contribution in [3.8, 4) is 40.2 Å². The summed E-state index contributed by atoms with van der Waals surface area (Å²) in [4.78, 5) is 36.9. The SMILES string of the molecule is CSCCC(NCc1cc(Cl)c(OCc2cccc(-c3cccc(COc4cc(OCc5cncc(C6=NC6)c5)c(CNC(CCSC)C(=O)O)cc4Cl)c3C)c2C)cc1OCc1cncc(C#N)c1)C(=O)O. The van der Waals surface area contributed by atoms with Crippen molar-refractivity contribution < 1.29 is 38.7 Å². The third kappa shape index (κ3) is 15.1. The molecule has 1 aliphatic heterocycles. The van der Waals surface area contributed by atoms with Gasteiger partial charge in [0.1, 0.15) is 67.6 Å². The van der Waals surface area contributed by atoms with Crippen molar-refractivity contribution in [2.24, 2.45) is 4.99 Å². The van der Waals surface area contributed by atoms with Crippen LogP contribution >= 0.6 is 46.7 Å². The molecule has 14 nitrogen and oxygen atoms in total. The molecule has 0 aliphatic carbocycles. The van der Waals surface area contributed by atoms with E-state index in [1.165, 1.54) is 6.20 Å². The van der Waals surface area contributed by atoms with E-state index in [0.29, 0.717) is 86.2 Å². The van der Waals surface area contributed by atoms with E-state index in [1.807, 2.05) is 49.8 Å².